The average molecular weight is 304 g/mol. The molecule has 0 unspecified atom stereocenters. The van der Waals surface area contributed by atoms with Gasteiger partial charge in [0.2, 0.25) is 5.91 Å². The molecule has 0 fully saturated rings. The topological polar surface area (TPSA) is 50.1 Å². The van der Waals surface area contributed by atoms with Crippen LogP contribution in [0.4, 0.5) is 0 Å². The highest BCUT2D eigenvalue weighted by Crippen LogP contribution is 2.25. The molecule has 0 saturated carbocycles. The van der Waals surface area contributed by atoms with Crippen molar-refractivity contribution in [3.8, 4) is 5.75 Å². The first-order valence-electron chi connectivity index (χ1n) is 4.12. The molecule has 1 aromatic rings. The molecule has 0 aliphatic carbocycles. The fourth-order valence-electron chi connectivity index (χ4n) is 1.21. The predicted molar refractivity (Wildman–Crippen MR) is 62.3 cm³/mol. The number of ether oxygens (including phenoxy) is 1. The van der Waals surface area contributed by atoms with Crippen molar-refractivity contribution in [2.45, 2.75) is 13.3 Å². The van der Waals surface area contributed by atoms with E-state index in [1.807, 2.05) is 19.1 Å². The zero-order chi connectivity index (χ0) is 10.7. The van der Waals surface area contributed by atoms with E-state index in [-0.39, 0.29) is 6.42 Å². The van der Waals surface area contributed by atoms with Crippen molar-refractivity contribution in [3.63, 3.8) is 0 Å². The summed E-state index contributed by atoms with van der Waals surface area (Å²) in [6, 6.07) is 3.72. The van der Waals surface area contributed by atoms with Gasteiger partial charge in [-0.05, 0) is 47.2 Å². The zero-order valence-electron chi connectivity index (χ0n) is 8.06. The van der Waals surface area contributed by atoms with Gasteiger partial charge >= 0.3 is 0 Å². The number of hydrogen-bond acceptors (Lipinski definition) is 2. The molecule has 0 aliphatic rings. The largest absolute Gasteiger partial charge is 0.496 e. The smallest absolute Gasteiger partial charge is 0.242 e. The fourth-order valence-corrected chi connectivity index (χ4v) is 1.87. The summed E-state index contributed by atoms with van der Waals surface area (Å²) in [7, 11) is 1.60. The summed E-state index contributed by atoms with van der Waals surface area (Å²) in [4.78, 5) is 10.6. The van der Waals surface area contributed by atoms with E-state index in [2.05, 4.69) is 22.6 Å². The molecule has 75 valence electrons. The first-order valence-corrected chi connectivity index (χ1v) is 5.20. The molecule has 1 aromatic carbocycles. The number of benzene rings is 1. The molecular formula is C10H11INO2. The molecule has 0 heterocycles. The second-order valence-electron chi connectivity index (χ2n) is 3.00. The Morgan fingerprint density at radius 1 is 1.57 bits per heavy atom. The number of amides is 1. The minimum absolute atomic E-state index is 0.145. The number of halogens is 1. The van der Waals surface area contributed by atoms with Crippen LogP contribution < -0.4 is 10.5 Å². The van der Waals surface area contributed by atoms with E-state index in [0.717, 1.165) is 20.4 Å². The number of methoxy groups -OCH3 is 1. The molecule has 1 radical (unpaired) electrons. The van der Waals surface area contributed by atoms with Crippen LogP contribution in [0.15, 0.2) is 12.1 Å². The Hall–Kier alpha value is -0.780. The van der Waals surface area contributed by atoms with Crippen LogP contribution in [0.2, 0.25) is 0 Å². The molecule has 0 atom stereocenters. The lowest BCUT2D eigenvalue weighted by Gasteiger charge is -2.08. The minimum Gasteiger partial charge on any atom is -0.496 e. The summed E-state index contributed by atoms with van der Waals surface area (Å²) in [5.74, 6) is 0.194. The van der Waals surface area contributed by atoms with E-state index in [0.29, 0.717) is 0 Å². The zero-order valence-corrected chi connectivity index (χ0v) is 10.2. The Morgan fingerprint density at radius 3 is 2.71 bits per heavy atom. The van der Waals surface area contributed by atoms with Crippen LogP contribution in [0.1, 0.15) is 11.1 Å². The fraction of sp³-hybridized carbons (Fsp3) is 0.300. The van der Waals surface area contributed by atoms with Gasteiger partial charge in [-0.2, -0.15) is 0 Å². The molecule has 1 amide bonds. The van der Waals surface area contributed by atoms with Crippen LogP contribution in [0, 0.1) is 10.5 Å². The Kier molecular flexibility index (Phi) is 3.74. The van der Waals surface area contributed by atoms with Crippen molar-refractivity contribution in [2.75, 3.05) is 7.11 Å². The Morgan fingerprint density at radius 2 is 2.21 bits per heavy atom. The highest BCUT2D eigenvalue weighted by molar-refractivity contribution is 14.1. The first kappa shape index (κ1) is 11.3. The molecular weight excluding hydrogens is 293 g/mol. The summed E-state index contributed by atoms with van der Waals surface area (Å²) in [6.45, 7) is 1.97. The van der Waals surface area contributed by atoms with E-state index in [4.69, 9.17) is 10.5 Å². The van der Waals surface area contributed by atoms with Crippen molar-refractivity contribution in [2.24, 2.45) is 0 Å². The van der Waals surface area contributed by atoms with Crippen LogP contribution in [0.3, 0.4) is 0 Å². The molecule has 0 saturated heterocycles. The normalized spacial score (nSPS) is 9.93. The van der Waals surface area contributed by atoms with Gasteiger partial charge in [-0.25, -0.2) is 0 Å². The van der Waals surface area contributed by atoms with Crippen molar-refractivity contribution < 1.29 is 9.53 Å². The van der Waals surface area contributed by atoms with Gasteiger partial charge in [-0.15, -0.1) is 0 Å². The van der Waals surface area contributed by atoms with E-state index in [1.165, 1.54) is 0 Å². The molecule has 0 spiro atoms. The third-order valence-electron chi connectivity index (χ3n) is 1.94. The third kappa shape index (κ3) is 2.60. The predicted octanol–water partition coefficient (Wildman–Crippen LogP) is 1.96. The standard InChI is InChI=1S/C10H11INO2/c1-6-8(11)3-7(5-10(12)13)4-9(6)14-2/h3-4,12H,5H2,1-2H3. The maximum Gasteiger partial charge on any atom is 0.242 e. The highest BCUT2D eigenvalue weighted by Gasteiger charge is 2.07. The lowest BCUT2D eigenvalue weighted by atomic mass is 10.1. The Bertz CT molecular complexity index is 363. The van der Waals surface area contributed by atoms with Gasteiger partial charge in [-0.1, -0.05) is 0 Å². The minimum atomic E-state index is -0.577. The number of carbonyl (C=O) groups excluding carboxylic acids is 1. The van der Waals surface area contributed by atoms with Crippen molar-refractivity contribution in [3.05, 3.63) is 26.8 Å². The second kappa shape index (κ2) is 4.63. The molecule has 0 aliphatic heterocycles. The summed E-state index contributed by atoms with van der Waals surface area (Å²) in [6.07, 6.45) is 0.145. The Balaban J connectivity index is 3.09. The Labute approximate surface area is 96.8 Å². The number of hydrogen-bond donors (Lipinski definition) is 0. The summed E-state index contributed by atoms with van der Waals surface area (Å²) in [5.41, 5.74) is 8.78. The highest BCUT2D eigenvalue weighted by atomic mass is 127. The number of rotatable bonds is 3. The monoisotopic (exact) mass is 304 g/mol. The molecule has 0 aromatic heterocycles. The maximum atomic E-state index is 10.6. The molecule has 3 nitrogen and oxygen atoms in total. The number of carbonyl (C=O) groups is 1. The summed E-state index contributed by atoms with van der Waals surface area (Å²) >= 11 is 2.19. The maximum absolute atomic E-state index is 10.6. The molecule has 0 bridgehead atoms. The lowest BCUT2D eigenvalue weighted by molar-refractivity contribution is -0.118. The van der Waals surface area contributed by atoms with Crippen LogP contribution in [0.5, 0.6) is 5.75 Å². The first-order chi connectivity index (χ1) is 6.54. The van der Waals surface area contributed by atoms with Crippen molar-refractivity contribution in [1.29, 1.82) is 0 Å². The van der Waals surface area contributed by atoms with E-state index < -0.39 is 5.91 Å². The van der Waals surface area contributed by atoms with Gasteiger partial charge in [0.15, 0.2) is 0 Å². The quantitative estimate of drug-likeness (QED) is 0.802. The molecule has 4 heteroatoms. The summed E-state index contributed by atoms with van der Waals surface area (Å²) in [5, 5.41) is 0. The van der Waals surface area contributed by atoms with Gasteiger partial charge in [0.25, 0.3) is 0 Å². The van der Waals surface area contributed by atoms with Gasteiger partial charge in [0, 0.05) is 9.13 Å². The third-order valence-corrected chi connectivity index (χ3v) is 3.06. The van der Waals surface area contributed by atoms with Crippen molar-refractivity contribution >= 4 is 28.5 Å². The van der Waals surface area contributed by atoms with Crippen LogP contribution in [-0.4, -0.2) is 13.0 Å². The molecule has 1 N–H and O–H groups in total. The summed E-state index contributed by atoms with van der Waals surface area (Å²) < 4.78 is 6.22. The van der Waals surface area contributed by atoms with Gasteiger partial charge in [0.05, 0.1) is 13.5 Å². The van der Waals surface area contributed by atoms with E-state index in [9.17, 15) is 4.79 Å². The van der Waals surface area contributed by atoms with E-state index in [1.54, 1.807) is 7.11 Å². The lowest BCUT2D eigenvalue weighted by Crippen LogP contribution is -2.03. The van der Waals surface area contributed by atoms with Crippen LogP contribution in [-0.2, 0) is 11.2 Å². The average Bonchev–Trinajstić information content (AvgIpc) is 2.10. The number of nitrogens with one attached hydrogen (secondary N) is 1. The molecule has 14 heavy (non-hydrogen) atoms. The molecule has 1 rings (SSSR count). The van der Waals surface area contributed by atoms with Gasteiger partial charge < -0.3 is 4.74 Å². The SMILES string of the molecule is COc1cc(CC([NH])=O)cc(I)c1C. The van der Waals surface area contributed by atoms with Crippen LogP contribution in [0.25, 0.3) is 0 Å². The van der Waals surface area contributed by atoms with Crippen LogP contribution >= 0.6 is 22.6 Å². The van der Waals surface area contributed by atoms with E-state index >= 15 is 0 Å². The van der Waals surface area contributed by atoms with Gasteiger partial charge in [-0.3, -0.25) is 10.5 Å². The second-order valence-corrected chi connectivity index (χ2v) is 4.17. The van der Waals surface area contributed by atoms with Gasteiger partial charge in [0.1, 0.15) is 5.75 Å². The van der Waals surface area contributed by atoms with Crippen molar-refractivity contribution in [1.82, 2.24) is 5.73 Å².